The van der Waals surface area contributed by atoms with Gasteiger partial charge in [0.25, 0.3) is 0 Å². The number of nitrogens with zero attached hydrogens (tertiary/aromatic N) is 7. The highest BCUT2D eigenvalue weighted by Crippen LogP contribution is 2.30. The van der Waals surface area contributed by atoms with Gasteiger partial charge in [-0.1, -0.05) is 6.58 Å². The Kier molecular flexibility index (Phi) is 4.60. The highest BCUT2D eigenvalue weighted by Gasteiger charge is 2.46. The molecule has 0 spiro atoms. The molecule has 3 N–H and O–H groups in total. The fourth-order valence-corrected chi connectivity index (χ4v) is 3.51. The molecule has 3 aliphatic rings. The van der Waals surface area contributed by atoms with Crippen LogP contribution in [0.2, 0.25) is 0 Å². The summed E-state index contributed by atoms with van der Waals surface area (Å²) in [6.45, 7) is 9.98. The number of amidine groups is 3. The summed E-state index contributed by atoms with van der Waals surface area (Å²) in [5.41, 5.74) is 5.14. The molecule has 28 heavy (non-hydrogen) atoms. The predicted molar refractivity (Wildman–Crippen MR) is 106 cm³/mol. The van der Waals surface area contributed by atoms with Crippen LogP contribution in [-0.4, -0.2) is 86.5 Å². The minimum atomic E-state index is -1.14. The van der Waals surface area contributed by atoms with Crippen LogP contribution in [-0.2, 0) is 4.74 Å². The molecule has 1 fully saturated rings. The summed E-state index contributed by atoms with van der Waals surface area (Å²) in [7, 11) is 0. The zero-order chi connectivity index (χ0) is 19.9. The molecule has 0 saturated carbocycles. The van der Waals surface area contributed by atoms with E-state index in [0.29, 0.717) is 30.4 Å². The number of fused-ring (bicyclic) bond motifs is 1. The van der Waals surface area contributed by atoms with Crippen molar-refractivity contribution < 1.29 is 9.84 Å². The van der Waals surface area contributed by atoms with Crippen LogP contribution in [0.4, 0.5) is 5.95 Å². The van der Waals surface area contributed by atoms with E-state index in [4.69, 9.17) is 25.4 Å². The normalized spacial score (nSPS) is 25.0. The van der Waals surface area contributed by atoms with Crippen LogP contribution in [0.25, 0.3) is 0 Å². The van der Waals surface area contributed by atoms with Crippen molar-refractivity contribution in [2.75, 3.05) is 32.0 Å². The molecule has 1 saturated heterocycles. The first-order valence-electron chi connectivity index (χ1n) is 9.17. The fraction of sp³-hybridized carbons (Fsp3) is 0.500. The monoisotopic (exact) mass is 384 g/mol. The molecular formula is C18H24N8O2. The van der Waals surface area contributed by atoms with Gasteiger partial charge in [0, 0.05) is 31.7 Å². The molecule has 148 valence electrons. The number of rotatable bonds is 3. The van der Waals surface area contributed by atoms with E-state index < -0.39 is 5.60 Å². The van der Waals surface area contributed by atoms with E-state index in [1.165, 1.54) is 0 Å². The van der Waals surface area contributed by atoms with Crippen molar-refractivity contribution in [3.05, 3.63) is 30.7 Å². The Morgan fingerprint density at radius 3 is 2.54 bits per heavy atom. The zero-order valence-electron chi connectivity index (χ0n) is 16.0. The van der Waals surface area contributed by atoms with Crippen LogP contribution in [0.1, 0.15) is 19.4 Å². The zero-order valence-corrected chi connectivity index (χ0v) is 16.0. The Labute approximate surface area is 163 Å². The molecule has 4 rings (SSSR count). The summed E-state index contributed by atoms with van der Waals surface area (Å²) in [6.07, 6.45) is 4.46. The molecule has 0 aromatic carbocycles. The number of ether oxygens (including phenoxy) is 1. The molecule has 0 bridgehead atoms. The lowest BCUT2D eigenvalue weighted by Crippen LogP contribution is -2.52. The number of morpholine rings is 1. The van der Waals surface area contributed by atoms with E-state index in [0.717, 1.165) is 18.9 Å². The summed E-state index contributed by atoms with van der Waals surface area (Å²) in [4.78, 5) is 26.4. The van der Waals surface area contributed by atoms with Crippen LogP contribution in [0.3, 0.4) is 0 Å². The third-order valence-electron chi connectivity index (χ3n) is 4.82. The molecule has 0 radical (unpaired) electrons. The summed E-state index contributed by atoms with van der Waals surface area (Å²) < 4.78 is 5.48. The Balaban J connectivity index is 1.79. The predicted octanol–water partition coefficient (Wildman–Crippen LogP) is -0.127. The van der Waals surface area contributed by atoms with Gasteiger partial charge in [-0.05, 0) is 13.8 Å². The lowest BCUT2D eigenvalue weighted by molar-refractivity contribution is 0.0663. The van der Waals surface area contributed by atoms with Gasteiger partial charge in [-0.25, -0.2) is 20.0 Å². The first-order chi connectivity index (χ1) is 13.4. The summed E-state index contributed by atoms with van der Waals surface area (Å²) in [5, 5.41) is 10.6. The van der Waals surface area contributed by atoms with Crippen LogP contribution >= 0.6 is 0 Å². The Morgan fingerprint density at radius 2 is 1.93 bits per heavy atom. The van der Waals surface area contributed by atoms with E-state index in [-0.39, 0.29) is 18.2 Å². The third-order valence-corrected chi connectivity index (χ3v) is 4.82. The fourth-order valence-electron chi connectivity index (χ4n) is 3.51. The first-order valence-corrected chi connectivity index (χ1v) is 9.17. The molecule has 4 heterocycles. The van der Waals surface area contributed by atoms with Crippen LogP contribution < -0.4 is 5.73 Å². The van der Waals surface area contributed by atoms with Gasteiger partial charge in [0.05, 0.1) is 18.8 Å². The average molecular weight is 384 g/mol. The SMILES string of the molecule is C=CN1C(C(C)(C)O)=NC2C(N3CCOCC3)=NC(c3cnc(N)nc3)=NC21. The van der Waals surface area contributed by atoms with Gasteiger partial charge in [0.2, 0.25) is 5.95 Å². The van der Waals surface area contributed by atoms with Crippen LogP contribution in [0.15, 0.2) is 40.1 Å². The molecule has 1 aromatic rings. The van der Waals surface area contributed by atoms with Crippen molar-refractivity contribution in [3.8, 4) is 0 Å². The highest BCUT2D eigenvalue weighted by molar-refractivity contribution is 6.11. The van der Waals surface area contributed by atoms with Gasteiger partial charge in [0.15, 0.2) is 18.0 Å². The molecule has 2 unspecified atom stereocenters. The van der Waals surface area contributed by atoms with Crippen LogP contribution in [0, 0.1) is 0 Å². The van der Waals surface area contributed by atoms with Crippen molar-refractivity contribution in [3.63, 3.8) is 0 Å². The Hall–Kier alpha value is -2.85. The number of hydrogen-bond acceptors (Lipinski definition) is 10. The molecule has 0 aliphatic carbocycles. The van der Waals surface area contributed by atoms with E-state index in [1.807, 2.05) is 0 Å². The number of anilines is 1. The second-order valence-corrected chi connectivity index (χ2v) is 7.31. The van der Waals surface area contributed by atoms with E-state index in [9.17, 15) is 5.11 Å². The molecule has 2 atom stereocenters. The van der Waals surface area contributed by atoms with E-state index in [1.54, 1.807) is 37.3 Å². The van der Waals surface area contributed by atoms with Crippen molar-refractivity contribution >= 4 is 23.5 Å². The van der Waals surface area contributed by atoms with Gasteiger partial charge < -0.3 is 25.4 Å². The molecular weight excluding hydrogens is 360 g/mol. The summed E-state index contributed by atoms with van der Waals surface area (Å²) >= 11 is 0. The lowest BCUT2D eigenvalue weighted by atomic mass is 10.1. The van der Waals surface area contributed by atoms with Crippen LogP contribution in [0.5, 0.6) is 0 Å². The number of hydrogen-bond donors (Lipinski definition) is 2. The topological polar surface area (TPSA) is 125 Å². The van der Waals surface area contributed by atoms with Gasteiger partial charge in [0.1, 0.15) is 17.3 Å². The second-order valence-electron chi connectivity index (χ2n) is 7.31. The number of nitrogen functional groups attached to an aromatic ring is 1. The largest absolute Gasteiger partial charge is 0.383 e. The van der Waals surface area contributed by atoms with E-state index in [2.05, 4.69) is 21.4 Å². The van der Waals surface area contributed by atoms with Gasteiger partial charge in [-0.15, -0.1) is 0 Å². The minimum absolute atomic E-state index is 0.191. The number of aromatic nitrogens is 2. The maximum atomic E-state index is 10.6. The average Bonchev–Trinajstić information content (AvgIpc) is 3.07. The maximum Gasteiger partial charge on any atom is 0.219 e. The van der Waals surface area contributed by atoms with Crippen molar-refractivity contribution in [2.24, 2.45) is 15.0 Å². The number of aliphatic hydroxyl groups is 1. The minimum Gasteiger partial charge on any atom is -0.383 e. The molecule has 0 amide bonds. The van der Waals surface area contributed by atoms with Gasteiger partial charge in [-0.2, -0.15) is 0 Å². The number of aliphatic imine (C=N–C) groups is 3. The van der Waals surface area contributed by atoms with E-state index >= 15 is 0 Å². The summed E-state index contributed by atoms with van der Waals surface area (Å²) in [5.74, 6) is 2.00. The van der Waals surface area contributed by atoms with Crippen molar-refractivity contribution in [2.45, 2.75) is 31.7 Å². The highest BCUT2D eigenvalue weighted by atomic mass is 16.5. The lowest BCUT2D eigenvalue weighted by Gasteiger charge is -2.36. The molecule has 10 nitrogen and oxygen atoms in total. The Morgan fingerprint density at radius 1 is 1.25 bits per heavy atom. The Bertz CT molecular complexity index is 849. The second kappa shape index (κ2) is 6.95. The van der Waals surface area contributed by atoms with Crippen molar-refractivity contribution in [1.82, 2.24) is 19.8 Å². The summed E-state index contributed by atoms with van der Waals surface area (Å²) in [6, 6.07) is -0.337. The molecule has 3 aliphatic heterocycles. The first kappa shape index (κ1) is 18.5. The maximum absolute atomic E-state index is 10.6. The van der Waals surface area contributed by atoms with Gasteiger partial charge >= 0.3 is 0 Å². The molecule has 1 aromatic heterocycles. The number of nitrogens with two attached hydrogens (primary N) is 1. The molecule has 10 heteroatoms. The van der Waals surface area contributed by atoms with Gasteiger partial charge in [-0.3, -0.25) is 4.99 Å². The standard InChI is InChI=1S/C18H24N8O2/c1-4-26-15-12(22-16(26)18(2,3)27)14(25-5-7-28-8-6-25)23-13(24-15)11-9-20-17(19)21-10-11/h4,9-10,12,15,27H,1,5-8H2,2-3H3,(H2,19,20,21). The van der Waals surface area contributed by atoms with Crippen molar-refractivity contribution in [1.29, 1.82) is 0 Å². The third kappa shape index (κ3) is 3.25. The quantitative estimate of drug-likeness (QED) is 0.744. The smallest absolute Gasteiger partial charge is 0.219 e.